The van der Waals surface area contributed by atoms with Crippen LogP contribution in [0.2, 0.25) is 0 Å². The van der Waals surface area contributed by atoms with Crippen LogP contribution in [-0.2, 0) is 4.79 Å². The molecule has 0 aromatic heterocycles. The van der Waals surface area contributed by atoms with E-state index in [0.29, 0.717) is 0 Å². The summed E-state index contributed by atoms with van der Waals surface area (Å²) in [6.07, 6.45) is 5.08. The fourth-order valence-corrected chi connectivity index (χ4v) is 4.53. The SMILES string of the molecule is N#CCNC(=O)C1(Sc2cccc(Br)c2)CCCCC1. The van der Waals surface area contributed by atoms with Gasteiger partial charge in [0.05, 0.1) is 10.8 Å². The second-order valence-electron chi connectivity index (χ2n) is 4.96. The van der Waals surface area contributed by atoms with Crippen LogP contribution in [-0.4, -0.2) is 17.2 Å². The first kappa shape index (κ1) is 15.4. The number of carbonyl (C=O) groups excluding carboxylic acids is 1. The number of hydrogen-bond donors (Lipinski definition) is 1. The third-order valence-corrected chi connectivity index (χ3v) is 5.48. The van der Waals surface area contributed by atoms with Gasteiger partial charge in [-0.15, -0.1) is 11.8 Å². The van der Waals surface area contributed by atoms with E-state index in [0.717, 1.165) is 35.1 Å². The quantitative estimate of drug-likeness (QED) is 0.836. The largest absolute Gasteiger partial charge is 0.342 e. The van der Waals surface area contributed by atoms with Crippen molar-refractivity contribution in [1.29, 1.82) is 5.26 Å². The van der Waals surface area contributed by atoms with E-state index in [2.05, 4.69) is 21.2 Å². The van der Waals surface area contributed by atoms with Gasteiger partial charge < -0.3 is 5.32 Å². The first-order valence-corrected chi connectivity index (χ1v) is 8.37. The normalized spacial score (nSPS) is 17.2. The number of nitrogens with one attached hydrogen (secondary N) is 1. The molecule has 20 heavy (non-hydrogen) atoms. The Hall–Kier alpha value is -0.990. The average molecular weight is 353 g/mol. The Morgan fingerprint density at radius 2 is 2.15 bits per heavy atom. The summed E-state index contributed by atoms with van der Waals surface area (Å²) in [5, 5.41) is 11.4. The minimum Gasteiger partial charge on any atom is -0.342 e. The fraction of sp³-hybridized carbons (Fsp3) is 0.467. The molecule has 0 atom stereocenters. The van der Waals surface area contributed by atoms with E-state index in [1.54, 1.807) is 11.8 Å². The predicted octanol–water partition coefficient (Wildman–Crippen LogP) is 3.88. The molecule has 0 radical (unpaired) electrons. The first-order chi connectivity index (χ1) is 9.66. The van der Waals surface area contributed by atoms with Gasteiger partial charge in [0.2, 0.25) is 5.91 Å². The molecule has 0 bridgehead atoms. The molecule has 1 fully saturated rings. The molecule has 0 heterocycles. The van der Waals surface area contributed by atoms with E-state index >= 15 is 0 Å². The molecule has 0 aliphatic heterocycles. The zero-order valence-electron chi connectivity index (χ0n) is 11.2. The van der Waals surface area contributed by atoms with Crippen LogP contribution in [0.1, 0.15) is 32.1 Å². The molecule has 1 aromatic rings. The number of carbonyl (C=O) groups is 1. The second kappa shape index (κ2) is 7.14. The maximum Gasteiger partial charge on any atom is 0.237 e. The lowest BCUT2D eigenvalue weighted by Crippen LogP contribution is -2.45. The minimum absolute atomic E-state index is 0.00345. The van der Waals surface area contributed by atoms with Crippen molar-refractivity contribution in [1.82, 2.24) is 5.32 Å². The molecule has 1 saturated carbocycles. The van der Waals surface area contributed by atoms with E-state index in [4.69, 9.17) is 5.26 Å². The van der Waals surface area contributed by atoms with E-state index in [9.17, 15) is 4.79 Å². The lowest BCUT2D eigenvalue weighted by Gasteiger charge is -2.35. The molecule has 1 aromatic carbocycles. The molecule has 2 rings (SSSR count). The molecule has 1 amide bonds. The van der Waals surface area contributed by atoms with Crippen molar-refractivity contribution in [2.45, 2.75) is 41.7 Å². The van der Waals surface area contributed by atoms with Crippen LogP contribution in [0, 0.1) is 11.3 Å². The standard InChI is InChI=1S/C15H17BrN2OS/c16-12-5-4-6-13(11-12)20-15(7-2-1-3-8-15)14(19)18-10-9-17/h4-6,11H,1-3,7-8,10H2,(H,18,19). The highest BCUT2D eigenvalue weighted by molar-refractivity contribution is 9.10. The Balaban J connectivity index is 2.18. The lowest BCUT2D eigenvalue weighted by molar-refractivity contribution is -0.124. The monoisotopic (exact) mass is 352 g/mol. The zero-order chi connectivity index (χ0) is 14.4. The maximum absolute atomic E-state index is 12.5. The molecule has 5 heteroatoms. The molecular formula is C15H17BrN2OS. The third kappa shape index (κ3) is 3.77. The highest BCUT2D eigenvalue weighted by Crippen LogP contribution is 2.44. The van der Waals surface area contributed by atoms with Crippen LogP contribution < -0.4 is 5.32 Å². The van der Waals surface area contributed by atoms with Crippen LogP contribution in [0.25, 0.3) is 0 Å². The van der Waals surface area contributed by atoms with Crippen molar-refractivity contribution in [3.63, 3.8) is 0 Å². The number of benzene rings is 1. The maximum atomic E-state index is 12.5. The number of hydrogen-bond acceptors (Lipinski definition) is 3. The number of nitrogens with zero attached hydrogens (tertiary/aromatic N) is 1. The van der Waals surface area contributed by atoms with Gasteiger partial charge in [0.25, 0.3) is 0 Å². The van der Waals surface area contributed by atoms with Gasteiger partial charge in [-0.05, 0) is 31.0 Å². The van der Waals surface area contributed by atoms with Gasteiger partial charge in [0.15, 0.2) is 0 Å². The summed E-state index contributed by atoms with van der Waals surface area (Å²) < 4.78 is 0.599. The van der Waals surface area contributed by atoms with E-state index < -0.39 is 4.75 Å². The van der Waals surface area contributed by atoms with Crippen LogP contribution in [0.3, 0.4) is 0 Å². The molecular weight excluding hydrogens is 336 g/mol. The number of nitriles is 1. The Morgan fingerprint density at radius 1 is 1.40 bits per heavy atom. The highest BCUT2D eigenvalue weighted by atomic mass is 79.9. The molecule has 0 unspecified atom stereocenters. The summed E-state index contributed by atoms with van der Waals surface area (Å²) in [7, 11) is 0. The molecule has 0 saturated heterocycles. The van der Waals surface area contributed by atoms with Crippen LogP contribution in [0.15, 0.2) is 33.6 Å². The highest BCUT2D eigenvalue weighted by Gasteiger charge is 2.40. The smallest absolute Gasteiger partial charge is 0.237 e. The van der Waals surface area contributed by atoms with Crippen molar-refractivity contribution in [2.24, 2.45) is 0 Å². The number of amides is 1. The van der Waals surface area contributed by atoms with Gasteiger partial charge in [-0.3, -0.25) is 4.79 Å². The number of rotatable bonds is 4. The Kier molecular flexibility index (Phi) is 5.50. The molecule has 1 aliphatic carbocycles. The molecule has 3 nitrogen and oxygen atoms in total. The summed E-state index contributed by atoms with van der Waals surface area (Å²) >= 11 is 5.10. The van der Waals surface area contributed by atoms with Crippen molar-refractivity contribution >= 4 is 33.6 Å². The van der Waals surface area contributed by atoms with Crippen LogP contribution in [0.5, 0.6) is 0 Å². The Labute approximate surface area is 132 Å². The molecule has 106 valence electrons. The van der Waals surface area contributed by atoms with Crippen molar-refractivity contribution in [2.75, 3.05) is 6.54 Å². The van der Waals surface area contributed by atoms with Gasteiger partial charge >= 0.3 is 0 Å². The van der Waals surface area contributed by atoms with E-state index in [1.165, 1.54) is 6.42 Å². The van der Waals surface area contributed by atoms with Gasteiger partial charge in [-0.1, -0.05) is 41.3 Å². The Morgan fingerprint density at radius 3 is 2.80 bits per heavy atom. The summed E-state index contributed by atoms with van der Waals surface area (Å²) in [6.45, 7) is 0.0830. The first-order valence-electron chi connectivity index (χ1n) is 6.76. The summed E-state index contributed by atoms with van der Waals surface area (Å²) in [5.41, 5.74) is 0. The topological polar surface area (TPSA) is 52.9 Å². The second-order valence-corrected chi connectivity index (χ2v) is 7.33. The lowest BCUT2D eigenvalue weighted by atomic mass is 9.87. The molecule has 1 N–H and O–H groups in total. The summed E-state index contributed by atoms with van der Waals surface area (Å²) in [6, 6.07) is 10.0. The summed E-state index contributed by atoms with van der Waals surface area (Å²) in [4.78, 5) is 13.6. The predicted molar refractivity (Wildman–Crippen MR) is 84.4 cm³/mol. The van der Waals surface area contributed by atoms with E-state index in [-0.39, 0.29) is 12.5 Å². The third-order valence-electron chi connectivity index (χ3n) is 3.51. The van der Waals surface area contributed by atoms with Crippen LogP contribution >= 0.6 is 27.7 Å². The number of halogens is 1. The van der Waals surface area contributed by atoms with Gasteiger partial charge in [0, 0.05) is 9.37 Å². The van der Waals surface area contributed by atoms with Crippen molar-refractivity contribution in [3.05, 3.63) is 28.7 Å². The fourth-order valence-electron chi connectivity index (χ4n) is 2.54. The summed E-state index contributed by atoms with van der Waals surface area (Å²) in [5.74, 6) is 0.00345. The van der Waals surface area contributed by atoms with Gasteiger partial charge in [-0.25, -0.2) is 0 Å². The zero-order valence-corrected chi connectivity index (χ0v) is 13.6. The van der Waals surface area contributed by atoms with Gasteiger partial charge in [-0.2, -0.15) is 5.26 Å². The average Bonchev–Trinajstić information content (AvgIpc) is 2.45. The Bertz CT molecular complexity index is 521. The van der Waals surface area contributed by atoms with Crippen molar-refractivity contribution < 1.29 is 4.79 Å². The van der Waals surface area contributed by atoms with Crippen molar-refractivity contribution in [3.8, 4) is 6.07 Å². The van der Waals surface area contributed by atoms with E-state index in [1.807, 2.05) is 30.3 Å². The molecule has 0 spiro atoms. The van der Waals surface area contributed by atoms with Crippen LogP contribution in [0.4, 0.5) is 0 Å². The minimum atomic E-state index is -0.421. The van der Waals surface area contributed by atoms with Gasteiger partial charge in [0.1, 0.15) is 6.54 Å². The number of thioether (sulfide) groups is 1. The molecule has 1 aliphatic rings.